The Balaban J connectivity index is 1.51. The van der Waals surface area contributed by atoms with Gasteiger partial charge in [-0.05, 0) is 53.8 Å². The van der Waals surface area contributed by atoms with Gasteiger partial charge in [0, 0.05) is 23.5 Å². The predicted molar refractivity (Wildman–Crippen MR) is 129 cm³/mol. The molecule has 0 aromatic heterocycles. The van der Waals surface area contributed by atoms with Crippen LogP contribution in [0.25, 0.3) is 11.1 Å². The van der Waals surface area contributed by atoms with E-state index in [4.69, 9.17) is 16.3 Å². The van der Waals surface area contributed by atoms with Crippen molar-refractivity contribution in [3.05, 3.63) is 94.5 Å². The molecule has 6 heteroatoms. The van der Waals surface area contributed by atoms with Crippen LogP contribution in [0.2, 0.25) is 5.02 Å². The van der Waals surface area contributed by atoms with Crippen LogP contribution in [0.3, 0.4) is 0 Å². The van der Waals surface area contributed by atoms with E-state index in [-0.39, 0.29) is 25.1 Å². The Bertz CT molecular complexity index is 1110. The minimum absolute atomic E-state index is 0.00526. The number of hydrogen-bond acceptors (Lipinski definition) is 3. The number of rotatable bonds is 7. The molecule has 5 nitrogen and oxygen atoms in total. The number of nitrogens with zero attached hydrogens (tertiary/aromatic N) is 1. The molecule has 1 aliphatic rings. The van der Waals surface area contributed by atoms with Crippen LogP contribution in [0.4, 0.5) is 4.79 Å². The molecular formula is C27H26ClNO4. The first kappa shape index (κ1) is 22.9. The van der Waals surface area contributed by atoms with Gasteiger partial charge in [0.05, 0.1) is 5.92 Å². The van der Waals surface area contributed by atoms with E-state index in [0.717, 1.165) is 22.3 Å². The fourth-order valence-electron chi connectivity index (χ4n) is 4.39. The lowest BCUT2D eigenvalue weighted by Gasteiger charge is -2.29. The predicted octanol–water partition coefficient (Wildman–Crippen LogP) is 6.17. The van der Waals surface area contributed by atoms with Gasteiger partial charge in [0.25, 0.3) is 0 Å². The van der Waals surface area contributed by atoms with Crippen molar-refractivity contribution in [2.45, 2.75) is 31.7 Å². The maximum atomic E-state index is 13.1. The first-order chi connectivity index (χ1) is 15.9. The number of carbonyl (C=O) groups excluding carboxylic acids is 1. The quantitative estimate of drug-likeness (QED) is 0.455. The van der Waals surface area contributed by atoms with Crippen LogP contribution >= 0.6 is 11.6 Å². The molecule has 0 aliphatic heterocycles. The van der Waals surface area contributed by atoms with Crippen molar-refractivity contribution < 1.29 is 19.4 Å². The number of halogens is 1. The van der Waals surface area contributed by atoms with Crippen molar-refractivity contribution in [1.82, 2.24) is 4.90 Å². The normalized spacial score (nSPS) is 13.3. The summed E-state index contributed by atoms with van der Waals surface area (Å²) in [6.45, 7) is 3.89. The van der Waals surface area contributed by atoms with Gasteiger partial charge in [-0.1, -0.05) is 72.3 Å². The Labute approximate surface area is 198 Å². The lowest BCUT2D eigenvalue weighted by molar-refractivity contribution is -0.139. The molecule has 3 aromatic carbocycles. The molecule has 1 aliphatic carbocycles. The monoisotopic (exact) mass is 463 g/mol. The van der Waals surface area contributed by atoms with Crippen molar-refractivity contribution >= 4 is 23.7 Å². The SMILES string of the molecule is CC(C)N(CC(C(=O)O)c1ccc(Cl)cc1)C(=O)OCC1c2ccccc2-c2ccccc21. The summed E-state index contributed by atoms with van der Waals surface area (Å²) in [6, 6.07) is 22.7. The van der Waals surface area contributed by atoms with Crippen molar-refractivity contribution in [2.75, 3.05) is 13.2 Å². The number of carboxylic acid groups (broad SMARTS) is 1. The van der Waals surface area contributed by atoms with Crippen LogP contribution in [0.5, 0.6) is 0 Å². The molecule has 1 N–H and O–H groups in total. The lowest BCUT2D eigenvalue weighted by Crippen LogP contribution is -2.42. The van der Waals surface area contributed by atoms with E-state index in [1.165, 1.54) is 4.90 Å². The Hall–Kier alpha value is -3.31. The molecule has 0 heterocycles. The van der Waals surface area contributed by atoms with Gasteiger partial charge in [-0.3, -0.25) is 4.79 Å². The van der Waals surface area contributed by atoms with Gasteiger partial charge in [-0.2, -0.15) is 0 Å². The largest absolute Gasteiger partial charge is 0.481 e. The van der Waals surface area contributed by atoms with Crippen molar-refractivity contribution in [3.63, 3.8) is 0 Å². The number of benzene rings is 3. The van der Waals surface area contributed by atoms with E-state index >= 15 is 0 Å². The summed E-state index contributed by atoms with van der Waals surface area (Å²) < 4.78 is 5.77. The summed E-state index contributed by atoms with van der Waals surface area (Å²) in [4.78, 5) is 26.6. The molecule has 1 amide bonds. The van der Waals surface area contributed by atoms with Crippen LogP contribution in [0, 0.1) is 0 Å². The van der Waals surface area contributed by atoms with E-state index in [1.807, 2.05) is 38.1 Å². The van der Waals surface area contributed by atoms with E-state index in [2.05, 4.69) is 24.3 Å². The number of carboxylic acids is 1. The van der Waals surface area contributed by atoms with Gasteiger partial charge in [-0.15, -0.1) is 0 Å². The van der Waals surface area contributed by atoms with Gasteiger partial charge in [0.2, 0.25) is 0 Å². The summed E-state index contributed by atoms with van der Waals surface area (Å²) in [5, 5.41) is 10.3. The molecule has 0 saturated heterocycles. The van der Waals surface area contributed by atoms with Crippen molar-refractivity contribution in [3.8, 4) is 11.1 Å². The van der Waals surface area contributed by atoms with E-state index in [0.29, 0.717) is 10.6 Å². The van der Waals surface area contributed by atoms with E-state index in [9.17, 15) is 14.7 Å². The number of aliphatic carboxylic acids is 1. The molecule has 0 saturated carbocycles. The topological polar surface area (TPSA) is 66.8 Å². The molecule has 33 heavy (non-hydrogen) atoms. The molecule has 1 unspecified atom stereocenters. The molecule has 3 aromatic rings. The zero-order valence-corrected chi connectivity index (χ0v) is 19.3. The highest BCUT2D eigenvalue weighted by atomic mass is 35.5. The molecule has 170 valence electrons. The highest BCUT2D eigenvalue weighted by Crippen LogP contribution is 2.44. The summed E-state index contributed by atoms with van der Waals surface area (Å²) in [5.41, 5.74) is 5.16. The highest BCUT2D eigenvalue weighted by molar-refractivity contribution is 6.30. The molecule has 0 bridgehead atoms. The number of hydrogen-bond donors (Lipinski definition) is 1. The van der Waals surface area contributed by atoms with Crippen LogP contribution in [-0.2, 0) is 9.53 Å². The lowest BCUT2D eigenvalue weighted by atomic mass is 9.98. The maximum Gasteiger partial charge on any atom is 0.410 e. The van der Waals surface area contributed by atoms with Gasteiger partial charge in [0.15, 0.2) is 0 Å². The number of fused-ring (bicyclic) bond motifs is 3. The molecular weight excluding hydrogens is 438 g/mol. The van der Waals surface area contributed by atoms with Gasteiger partial charge >= 0.3 is 12.1 Å². The zero-order chi connectivity index (χ0) is 23.5. The van der Waals surface area contributed by atoms with Crippen LogP contribution < -0.4 is 0 Å². The zero-order valence-electron chi connectivity index (χ0n) is 18.6. The summed E-state index contributed by atoms with van der Waals surface area (Å²) >= 11 is 5.95. The summed E-state index contributed by atoms with van der Waals surface area (Å²) in [5.74, 6) is -1.94. The Morgan fingerprint density at radius 3 is 2.00 bits per heavy atom. The third-order valence-corrected chi connectivity index (χ3v) is 6.40. The minimum atomic E-state index is -1.01. The van der Waals surface area contributed by atoms with Crippen LogP contribution in [0.1, 0.15) is 42.4 Å². The Kier molecular flexibility index (Phi) is 6.70. The van der Waals surface area contributed by atoms with Crippen molar-refractivity contribution in [2.24, 2.45) is 0 Å². The first-order valence-corrected chi connectivity index (χ1v) is 11.3. The maximum absolute atomic E-state index is 13.1. The second-order valence-corrected chi connectivity index (χ2v) is 8.93. The van der Waals surface area contributed by atoms with Gasteiger partial charge in [0.1, 0.15) is 6.61 Å². The van der Waals surface area contributed by atoms with E-state index in [1.54, 1.807) is 24.3 Å². The standard InChI is InChI=1S/C27H26ClNO4/c1-17(2)29(15-24(26(30)31)18-11-13-19(28)14-12-18)27(32)33-16-25-22-9-5-3-7-20(22)21-8-4-6-10-23(21)25/h3-14,17,24-25H,15-16H2,1-2H3,(H,30,31). The Morgan fingerprint density at radius 1 is 0.939 bits per heavy atom. The first-order valence-electron chi connectivity index (χ1n) is 11.0. The summed E-state index contributed by atoms with van der Waals surface area (Å²) in [6.07, 6.45) is -0.521. The third-order valence-electron chi connectivity index (χ3n) is 6.14. The average Bonchev–Trinajstić information content (AvgIpc) is 3.12. The third kappa shape index (κ3) is 4.74. The second kappa shape index (κ2) is 9.67. The molecule has 1 atom stereocenters. The minimum Gasteiger partial charge on any atom is -0.481 e. The van der Waals surface area contributed by atoms with Crippen LogP contribution in [-0.4, -0.2) is 41.3 Å². The van der Waals surface area contributed by atoms with Gasteiger partial charge < -0.3 is 14.7 Å². The summed E-state index contributed by atoms with van der Waals surface area (Å²) in [7, 11) is 0. The highest BCUT2D eigenvalue weighted by Gasteiger charge is 2.32. The molecule has 0 fully saturated rings. The van der Waals surface area contributed by atoms with Gasteiger partial charge in [-0.25, -0.2) is 4.79 Å². The Morgan fingerprint density at radius 2 is 1.48 bits per heavy atom. The molecule has 0 spiro atoms. The number of amides is 1. The smallest absolute Gasteiger partial charge is 0.410 e. The molecule has 0 radical (unpaired) electrons. The number of ether oxygens (including phenoxy) is 1. The fourth-order valence-corrected chi connectivity index (χ4v) is 4.52. The number of carbonyl (C=O) groups is 2. The fraction of sp³-hybridized carbons (Fsp3) is 0.259. The molecule has 4 rings (SSSR count). The van der Waals surface area contributed by atoms with E-state index < -0.39 is 18.0 Å². The average molecular weight is 464 g/mol. The second-order valence-electron chi connectivity index (χ2n) is 8.49. The van der Waals surface area contributed by atoms with Crippen LogP contribution in [0.15, 0.2) is 72.8 Å². The van der Waals surface area contributed by atoms with Crippen molar-refractivity contribution in [1.29, 1.82) is 0 Å².